The lowest BCUT2D eigenvalue weighted by atomic mass is 10.1. The molecule has 7 nitrogen and oxygen atoms in total. The second kappa shape index (κ2) is 11.7. The van der Waals surface area contributed by atoms with E-state index in [1.54, 1.807) is 18.2 Å². The zero-order valence-corrected chi connectivity index (χ0v) is 20.4. The number of rotatable bonds is 10. The summed E-state index contributed by atoms with van der Waals surface area (Å²) in [5.41, 5.74) is 3.66. The summed E-state index contributed by atoms with van der Waals surface area (Å²) in [7, 11) is -3.90. The molecule has 0 bridgehead atoms. The molecule has 0 heterocycles. The summed E-state index contributed by atoms with van der Waals surface area (Å²) in [6, 6.07) is 19.4. The van der Waals surface area contributed by atoms with E-state index in [1.165, 1.54) is 36.5 Å². The number of hydrazone groups is 1. The minimum absolute atomic E-state index is 0.0582. The average Bonchev–Trinajstić information content (AvgIpc) is 2.79. The van der Waals surface area contributed by atoms with Gasteiger partial charge in [-0.1, -0.05) is 37.6 Å². The number of anilines is 1. The summed E-state index contributed by atoms with van der Waals surface area (Å²) >= 11 is 5.91. The monoisotopic (exact) mass is 499 g/mol. The Kier molecular flexibility index (Phi) is 8.67. The van der Waals surface area contributed by atoms with Crippen LogP contribution in [-0.2, 0) is 10.0 Å². The third kappa shape index (κ3) is 7.60. The van der Waals surface area contributed by atoms with Crippen LogP contribution in [0.1, 0.15) is 36.2 Å². The van der Waals surface area contributed by atoms with Crippen molar-refractivity contribution in [3.05, 3.63) is 88.9 Å². The maximum Gasteiger partial charge on any atom is 0.271 e. The fraction of sp³-hybridized carbons (Fsp3) is 0.200. The third-order valence-electron chi connectivity index (χ3n) is 4.71. The molecule has 34 heavy (non-hydrogen) atoms. The molecule has 0 aromatic heterocycles. The van der Waals surface area contributed by atoms with Gasteiger partial charge in [0, 0.05) is 10.6 Å². The number of benzene rings is 3. The molecule has 0 aliphatic carbocycles. The van der Waals surface area contributed by atoms with Gasteiger partial charge in [0.2, 0.25) is 0 Å². The highest BCUT2D eigenvalue weighted by molar-refractivity contribution is 7.92. The van der Waals surface area contributed by atoms with Gasteiger partial charge in [0.25, 0.3) is 15.9 Å². The number of ether oxygens (including phenoxy) is 1. The molecular formula is C25H26ClN3O4S. The van der Waals surface area contributed by atoms with Crippen molar-refractivity contribution in [2.24, 2.45) is 11.0 Å². The lowest BCUT2D eigenvalue weighted by Gasteiger charge is -2.09. The standard InChI is InChI=1S/C25H26ClN3O4S/c1-18(2)13-14-33-23-11-9-19(10-12-23)17-27-28-25(30)20-5-3-8-24(15-20)34(31,32)29-22-7-4-6-21(26)16-22/h3-12,15-18,29H,13-14H2,1-2H3,(H,28,30)/b27-17-. The Hall–Kier alpha value is -3.36. The molecule has 3 aromatic carbocycles. The van der Waals surface area contributed by atoms with Gasteiger partial charge in [-0.2, -0.15) is 5.10 Å². The molecule has 0 saturated heterocycles. The van der Waals surface area contributed by atoms with Crippen molar-refractivity contribution >= 4 is 39.4 Å². The van der Waals surface area contributed by atoms with Crippen molar-refractivity contribution in [2.45, 2.75) is 25.2 Å². The first-order chi connectivity index (χ1) is 16.2. The number of carbonyl (C=O) groups excluding carboxylic acids is 1. The van der Waals surface area contributed by atoms with Gasteiger partial charge in [0.1, 0.15) is 5.75 Å². The van der Waals surface area contributed by atoms with Gasteiger partial charge >= 0.3 is 0 Å². The second-order valence-electron chi connectivity index (χ2n) is 7.94. The van der Waals surface area contributed by atoms with Crippen LogP contribution in [-0.4, -0.2) is 27.1 Å². The number of nitrogens with zero attached hydrogens (tertiary/aromatic N) is 1. The molecule has 0 radical (unpaired) electrons. The van der Waals surface area contributed by atoms with Gasteiger partial charge in [-0.25, -0.2) is 13.8 Å². The molecule has 0 saturated carbocycles. The van der Waals surface area contributed by atoms with E-state index >= 15 is 0 Å². The fourth-order valence-electron chi connectivity index (χ4n) is 2.86. The van der Waals surface area contributed by atoms with Crippen LogP contribution in [0.15, 0.2) is 82.8 Å². The van der Waals surface area contributed by atoms with E-state index in [9.17, 15) is 13.2 Å². The number of hydrogen-bond acceptors (Lipinski definition) is 5. The van der Waals surface area contributed by atoms with E-state index in [2.05, 4.69) is 29.1 Å². The highest BCUT2D eigenvalue weighted by atomic mass is 35.5. The van der Waals surface area contributed by atoms with Crippen molar-refractivity contribution in [3.8, 4) is 5.75 Å². The normalized spacial score (nSPS) is 11.5. The summed E-state index contributed by atoms with van der Waals surface area (Å²) in [5, 5.41) is 4.36. The highest BCUT2D eigenvalue weighted by Gasteiger charge is 2.16. The number of amides is 1. The number of carbonyl (C=O) groups is 1. The summed E-state index contributed by atoms with van der Waals surface area (Å²) in [4.78, 5) is 12.4. The summed E-state index contributed by atoms with van der Waals surface area (Å²) in [6.45, 7) is 4.94. The van der Waals surface area contributed by atoms with Crippen molar-refractivity contribution in [1.82, 2.24) is 5.43 Å². The van der Waals surface area contributed by atoms with Crippen LogP contribution >= 0.6 is 11.6 Å². The van der Waals surface area contributed by atoms with Gasteiger partial charge in [-0.05, 0) is 78.6 Å². The van der Waals surface area contributed by atoms with Crippen LogP contribution in [0, 0.1) is 5.92 Å². The molecule has 0 spiro atoms. The second-order valence-corrected chi connectivity index (χ2v) is 10.1. The van der Waals surface area contributed by atoms with Crippen molar-refractivity contribution < 1.29 is 17.9 Å². The van der Waals surface area contributed by atoms with Crippen LogP contribution in [0.5, 0.6) is 5.75 Å². The van der Waals surface area contributed by atoms with E-state index in [1.807, 2.05) is 24.3 Å². The molecule has 0 aliphatic heterocycles. The minimum atomic E-state index is -3.90. The quantitative estimate of drug-likeness (QED) is 0.291. The molecule has 0 atom stereocenters. The lowest BCUT2D eigenvalue weighted by Crippen LogP contribution is -2.19. The number of halogens is 1. The van der Waals surface area contributed by atoms with E-state index in [-0.39, 0.29) is 10.5 Å². The number of hydrogen-bond donors (Lipinski definition) is 2. The molecule has 178 valence electrons. The number of sulfonamides is 1. The predicted octanol–water partition coefficient (Wildman–Crippen LogP) is 5.33. The zero-order chi connectivity index (χ0) is 24.6. The SMILES string of the molecule is CC(C)CCOc1ccc(/C=N\NC(=O)c2cccc(S(=O)(=O)Nc3cccc(Cl)c3)c2)cc1. The minimum Gasteiger partial charge on any atom is -0.494 e. The van der Waals surface area contributed by atoms with Crippen LogP contribution in [0.25, 0.3) is 0 Å². The molecule has 0 fully saturated rings. The van der Waals surface area contributed by atoms with E-state index in [0.717, 1.165) is 17.7 Å². The first kappa shape index (κ1) is 25.3. The van der Waals surface area contributed by atoms with Crippen molar-refractivity contribution in [3.63, 3.8) is 0 Å². The van der Waals surface area contributed by atoms with Gasteiger partial charge in [0.05, 0.1) is 23.4 Å². The van der Waals surface area contributed by atoms with Crippen molar-refractivity contribution in [1.29, 1.82) is 0 Å². The molecule has 0 aliphatic rings. The first-order valence-electron chi connectivity index (χ1n) is 10.7. The third-order valence-corrected chi connectivity index (χ3v) is 6.32. The Morgan fingerprint density at radius 3 is 2.50 bits per heavy atom. The van der Waals surface area contributed by atoms with Gasteiger partial charge in [-0.15, -0.1) is 0 Å². The fourth-order valence-corrected chi connectivity index (χ4v) is 4.15. The maximum atomic E-state index is 12.7. The Labute approximate surface area is 204 Å². The average molecular weight is 500 g/mol. The largest absolute Gasteiger partial charge is 0.494 e. The molecule has 3 rings (SSSR count). The van der Waals surface area contributed by atoms with E-state index < -0.39 is 15.9 Å². The zero-order valence-electron chi connectivity index (χ0n) is 18.9. The first-order valence-corrected chi connectivity index (χ1v) is 12.5. The number of nitrogens with one attached hydrogen (secondary N) is 2. The highest BCUT2D eigenvalue weighted by Crippen LogP contribution is 2.20. The van der Waals surface area contributed by atoms with Crippen LogP contribution in [0.3, 0.4) is 0 Å². The Morgan fingerprint density at radius 1 is 1.06 bits per heavy atom. The van der Waals surface area contributed by atoms with E-state index in [0.29, 0.717) is 23.2 Å². The predicted molar refractivity (Wildman–Crippen MR) is 135 cm³/mol. The van der Waals surface area contributed by atoms with Gasteiger partial charge in [-0.3, -0.25) is 9.52 Å². The molecule has 2 N–H and O–H groups in total. The summed E-state index contributed by atoms with van der Waals surface area (Å²) in [5.74, 6) is 0.811. The van der Waals surface area contributed by atoms with E-state index in [4.69, 9.17) is 16.3 Å². The molecule has 3 aromatic rings. The van der Waals surface area contributed by atoms with Gasteiger partial charge in [0.15, 0.2) is 0 Å². The van der Waals surface area contributed by atoms with Crippen LogP contribution < -0.4 is 14.9 Å². The van der Waals surface area contributed by atoms with Gasteiger partial charge < -0.3 is 4.74 Å². The van der Waals surface area contributed by atoms with Crippen LogP contribution in [0.4, 0.5) is 5.69 Å². The molecule has 0 unspecified atom stereocenters. The lowest BCUT2D eigenvalue weighted by molar-refractivity contribution is 0.0955. The summed E-state index contributed by atoms with van der Waals surface area (Å²) < 4.78 is 33.5. The molecule has 1 amide bonds. The maximum absolute atomic E-state index is 12.7. The Bertz CT molecular complexity index is 1260. The molecular weight excluding hydrogens is 474 g/mol. The molecule has 9 heteroatoms. The Morgan fingerprint density at radius 2 is 1.79 bits per heavy atom. The van der Waals surface area contributed by atoms with Crippen LogP contribution in [0.2, 0.25) is 5.02 Å². The van der Waals surface area contributed by atoms with Crippen molar-refractivity contribution in [2.75, 3.05) is 11.3 Å². The summed E-state index contributed by atoms with van der Waals surface area (Å²) in [6.07, 6.45) is 2.48. The Balaban J connectivity index is 1.60. The topological polar surface area (TPSA) is 96.9 Å². The smallest absolute Gasteiger partial charge is 0.271 e.